The fraction of sp³-hybridized carbons (Fsp3) is 0.720. The normalized spacial score (nSPS) is 22.5. The Morgan fingerprint density at radius 2 is 1.82 bits per heavy atom. The Morgan fingerprint density at radius 1 is 1.06 bits per heavy atom. The van der Waals surface area contributed by atoms with Crippen LogP contribution in [0.1, 0.15) is 50.5 Å². The largest absolute Gasteiger partial charge is 0.416 e. The molecule has 0 radical (unpaired) electrons. The van der Waals surface area contributed by atoms with Crippen LogP contribution in [0.5, 0.6) is 0 Å². The van der Waals surface area contributed by atoms with E-state index in [1.807, 2.05) is 9.80 Å². The van der Waals surface area contributed by atoms with Gasteiger partial charge in [-0.25, -0.2) is 0 Å². The van der Waals surface area contributed by atoms with Gasteiger partial charge < -0.3 is 19.4 Å². The molecule has 3 fully saturated rings. The molecule has 0 bridgehead atoms. The molecule has 1 unspecified atom stereocenters. The summed E-state index contributed by atoms with van der Waals surface area (Å²) in [6.45, 7) is 5.34. The zero-order valence-electron chi connectivity index (χ0n) is 19.6. The lowest BCUT2D eigenvalue weighted by molar-refractivity contribution is -0.137. The van der Waals surface area contributed by atoms with Crippen molar-refractivity contribution in [2.75, 3.05) is 57.9 Å². The van der Waals surface area contributed by atoms with E-state index in [0.717, 1.165) is 25.5 Å². The number of benzene rings is 1. The molecule has 184 valence electrons. The number of methoxy groups -OCH3 is 1. The number of hydrogen-bond donors (Lipinski definition) is 0. The Hall–Kier alpha value is -1.80. The number of hydrogen-bond acceptors (Lipinski definition) is 4. The molecule has 2 saturated heterocycles. The number of nitrogens with zero attached hydrogens (tertiary/aromatic N) is 3. The first-order valence-corrected chi connectivity index (χ1v) is 12.2. The molecule has 1 atom stereocenters. The first-order chi connectivity index (χ1) is 15.8. The Kier molecular flexibility index (Phi) is 7.53. The van der Waals surface area contributed by atoms with E-state index in [-0.39, 0.29) is 11.9 Å². The first-order valence-electron chi connectivity index (χ1n) is 12.2. The fourth-order valence-corrected chi connectivity index (χ4v) is 5.36. The van der Waals surface area contributed by atoms with Crippen molar-refractivity contribution in [3.8, 4) is 0 Å². The van der Waals surface area contributed by atoms with E-state index < -0.39 is 11.7 Å². The molecule has 0 N–H and O–H groups in total. The SMILES string of the molecule is COCC(CCCN1CCC2(CC1)CC2)N1CCN(c2cccc(C(F)(F)F)c2)CCC1=O. The van der Waals surface area contributed by atoms with Crippen LogP contribution in [0, 0.1) is 5.41 Å². The van der Waals surface area contributed by atoms with Crippen LogP contribution in [-0.2, 0) is 15.7 Å². The van der Waals surface area contributed by atoms with Crippen molar-refractivity contribution in [2.24, 2.45) is 5.41 Å². The summed E-state index contributed by atoms with van der Waals surface area (Å²) in [6, 6.07) is 5.38. The molecule has 1 aromatic carbocycles. The maximum absolute atomic E-state index is 13.1. The highest BCUT2D eigenvalue weighted by molar-refractivity contribution is 5.78. The molecule has 3 aliphatic rings. The Morgan fingerprint density at radius 3 is 2.48 bits per heavy atom. The molecule has 33 heavy (non-hydrogen) atoms. The molecule has 1 amide bonds. The van der Waals surface area contributed by atoms with Crippen LogP contribution in [0.2, 0.25) is 0 Å². The van der Waals surface area contributed by atoms with E-state index in [0.29, 0.717) is 43.8 Å². The molecule has 1 spiro atoms. The summed E-state index contributed by atoms with van der Waals surface area (Å²) in [7, 11) is 1.66. The predicted octanol–water partition coefficient (Wildman–Crippen LogP) is 4.42. The number of halogens is 3. The number of carbonyl (C=O) groups excluding carboxylic acids is 1. The van der Waals surface area contributed by atoms with E-state index in [1.54, 1.807) is 13.2 Å². The quantitative estimate of drug-likeness (QED) is 0.567. The topological polar surface area (TPSA) is 36.0 Å². The third kappa shape index (κ3) is 6.21. The first kappa shape index (κ1) is 24.3. The van der Waals surface area contributed by atoms with Crippen LogP contribution >= 0.6 is 0 Å². The molecule has 1 aromatic rings. The van der Waals surface area contributed by atoms with Gasteiger partial charge in [-0.3, -0.25) is 4.79 Å². The summed E-state index contributed by atoms with van der Waals surface area (Å²) in [6.07, 6.45) is 3.28. The Labute approximate surface area is 194 Å². The maximum atomic E-state index is 13.1. The van der Waals surface area contributed by atoms with Crippen molar-refractivity contribution in [1.82, 2.24) is 9.80 Å². The maximum Gasteiger partial charge on any atom is 0.416 e. The third-order valence-corrected chi connectivity index (χ3v) is 7.75. The molecule has 5 nitrogen and oxygen atoms in total. The standard InChI is InChI=1S/C25H36F3N3O2/c1-33-19-22(6-3-12-29-14-10-24(8-9-24)11-15-29)31-17-16-30(13-7-23(31)32)21-5-2-4-20(18-21)25(26,27)28/h2,4-5,18,22H,3,6-17,19H2,1H3. The van der Waals surface area contributed by atoms with Crippen LogP contribution in [-0.4, -0.2) is 74.7 Å². The lowest BCUT2D eigenvalue weighted by Crippen LogP contribution is -2.44. The Bertz CT molecular complexity index is 802. The summed E-state index contributed by atoms with van der Waals surface area (Å²) in [5.74, 6) is 0.0557. The molecule has 2 aliphatic heterocycles. The van der Waals surface area contributed by atoms with Crippen molar-refractivity contribution in [3.63, 3.8) is 0 Å². The van der Waals surface area contributed by atoms with Crippen molar-refractivity contribution in [2.45, 2.75) is 57.2 Å². The molecular formula is C25H36F3N3O2. The fourth-order valence-electron chi connectivity index (χ4n) is 5.36. The second-order valence-electron chi connectivity index (χ2n) is 9.97. The lowest BCUT2D eigenvalue weighted by Gasteiger charge is -2.34. The molecule has 8 heteroatoms. The van der Waals surface area contributed by atoms with Gasteiger partial charge in [-0.05, 0) is 81.8 Å². The average molecular weight is 468 g/mol. The van der Waals surface area contributed by atoms with Gasteiger partial charge in [0.05, 0.1) is 18.2 Å². The minimum absolute atomic E-state index is 0.00326. The number of rotatable bonds is 8. The highest BCUT2D eigenvalue weighted by atomic mass is 19.4. The highest BCUT2D eigenvalue weighted by Crippen LogP contribution is 2.53. The van der Waals surface area contributed by atoms with E-state index in [2.05, 4.69) is 4.90 Å². The summed E-state index contributed by atoms with van der Waals surface area (Å²) in [5, 5.41) is 0. The molecule has 2 heterocycles. The zero-order valence-corrected chi connectivity index (χ0v) is 19.6. The van der Waals surface area contributed by atoms with Gasteiger partial charge in [0.15, 0.2) is 0 Å². The summed E-state index contributed by atoms with van der Waals surface area (Å²) < 4.78 is 44.8. The number of piperidine rings is 1. The zero-order chi connectivity index (χ0) is 23.5. The van der Waals surface area contributed by atoms with Gasteiger partial charge in [-0.1, -0.05) is 6.07 Å². The van der Waals surface area contributed by atoms with E-state index in [1.165, 1.54) is 50.9 Å². The predicted molar refractivity (Wildman–Crippen MR) is 122 cm³/mol. The van der Waals surface area contributed by atoms with Gasteiger partial charge in [0.25, 0.3) is 0 Å². The van der Waals surface area contributed by atoms with Crippen LogP contribution in [0.3, 0.4) is 0 Å². The van der Waals surface area contributed by atoms with Gasteiger partial charge in [0.2, 0.25) is 5.91 Å². The number of alkyl halides is 3. The van der Waals surface area contributed by atoms with Gasteiger partial charge in [0, 0.05) is 38.9 Å². The number of ether oxygens (including phenoxy) is 1. The van der Waals surface area contributed by atoms with Crippen LogP contribution in [0.4, 0.5) is 18.9 Å². The van der Waals surface area contributed by atoms with Crippen molar-refractivity contribution < 1.29 is 22.7 Å². The van der Waals surface area contributed by atoms with Crippen LogP contribution < -0.4 is 4.90 Å². The second kappa shape index (κ2) is 10.2. The third-order valence-electron chi connectivity index (χ3n) is 7.75. The minimum Gasteiger partial charge on any atom is -0.383 e. The van der Waals surface area contributed by atoms with Crippen LogP contribution in [0.15, 0.2) is 24.3 Å². The monoisotopic (exact) mass is 467 g/mol. The van der Waals surface area contributed by atoms with Gasteiger partial charge >= 0.3 is 6.18 Å². The molecule has 1 aliphatic carbocycles. The molecule has 4 rings (SSSR count). The number of likely N-dealkylation sites (tertiary alicyclic amines) is 1. The smallest absolute Gasteiger partial charge is 0.383 e. The van der Waals surface area contributed by atoms with Crippen molar-refractivity contribution in [3.05, 3.63) is 29.8 Å². The van der Waals surface area contributed by atoms with Crippen molar-refractivity contribution >= 4 is 11.6 Å². The van der Waals surface area contributed by atoms with E-state index in [4.69, 9.17) is 4.74 Å². The van der Waals surface area contributed by atoms with Gasteiger partial charge in [-0.15, -0.1) is 0 Å². The molecule has 0 aromatic heterocycles. The summed E-state index contributed by atoms with van der Waals surface area (Å²) in [4.78, 5) is 19.3. The van der Waals surface area contributed by atoms with Crippen molar-refractivity contribution in [1.29, 1.82) is 0 Å². The molecular weight excluding hydrogens is 431 g/mol. The van der Waals surface area contributed by atoms with Gasteiger partial charge in [0.1, 0.15) is 0 Å². The van der Waals surface area contributed by atoms with Crippen LogP contribution in [0.25, 0.3) is 0 Å². The number of amides is 1. The van der Waals surface area contributed by atoms with Gasteiger partial charge in [-0.2, -0.15) is 13.2 Å². The Balaban J connectivity index is 1.32. The van der Waals surface area contributed by atoms with E-state index >= 15 is 0 Å². The van der Waals surface area contributed by atoms with E-state index in [9.17, 15) is 18.0 Å². The average Bonchev–Trinajstić information content (AvgIpc) is 3.58. The number of carbonyl (C=O) groups is 1. The minimum atomic E-state index is -4.37. The number of anilines is 1. The molecule has 1 saturated carbocycles. The summed E-state index contributed by atoms with van der Waals surface area (Å²) in [5.41, 5.74) is 0.537. The lowest BCUT2D eigenvalue weighted by atomic mass is 9.93. The highest BCUT2D eigenvalue weighted by Gasteiger charge is 2.44. The second-order valence-corrected chi connectivity index (χ2v) is 9.97. The summed E-state index contributed by atoms with van der Waals surface area (Å²) >= 11 is 0.